The van der Waals surface area contributed by atoms with Gasteiger partial charge in [-0.25, -0.2) is 4.79 Å². The summed E-state index contributed by atoms with van der Waals surface area (Å²) in [6.07, 6.45) is 0. The van der Waals surface area contributed by atoms with Gasteiger partial charge in [-0.3, -0.25) is 0 Å². The number of ether oxygens (including phenoxy) is 1. The van der Waals surface area contributed by atoms with Crippen LogP contribution in [0.15, 0.2) is 52.8 Å². The van der Waals surface area contributed by atoms with Crippen molar-refractivity contribution in [1.82, 2.24) is 0 Å². The van der Waals surface area contributed by atoms with Crippen LogP contribution in [0.1, 0.15) is 34.7 Å². The largest absolute Gasteiger partial charge is 0.464 e. The lowest BCUT2D eigenvalue weighted by Gasteiger charge is -2.12. The van der Waals surface area contributed by atoms with Crippen molar-refractivity contribution in [3.8, 4) is 0 Å². The highest BCUT2D eigenvalue weighted by atomic mass is 16.6. The molecule has 2 aromatic carbocycles. The maximum absolute atomic E-state index is 12.1. The molecular formula is C21H24N2O4. The zero-order valence-corrected chi connectivity index (χ0v) is 16.3. The lowest BCUT2D eigenvalue weighted by atomic mass is 9.99. The topological polar surface area (TPSA) is 69.5 Å². The van der Waals surface area contributed by atoms with Gasteiger partial charge in [-0.2, -0.15) is 0 Å². The Morgan fingerprint density at radius 1 is 1.04 bits per heavy atom. The van der Waals surface area contributed by atoms with Crippen LogP contribution < -0.4 is 0 Å². The average molecular weight is 368 g/mol. The van der Waals surface area contributed by atoms with Gasteiger partial charge < -0.3 is 14.4 Å². The minimum absolute atomic E-state index is 0.0849. The van der Waals surface area contributed by atoms with Crippen molar-refractivity contribution in [3.05, 3.63) is 70.3 Å². The third-order valence-corrected chi connectivity index (χ3v) is 4.07. The fraction of sp³-hybridized carbons (Fsp3) is 0.286. The monoisotopic (exact) mass is 368 g/mol. The lowest BCUT2D eigenvalue weighted by Crippen LogP contribution is -2.20. The van der Waals surface area contributed by atoms with Gasteiger partial charge in [0.25, 0.3) is 0 Å². The molecule has 0 heterocycles. The number of benzene rings is 2. The van der Waals surface area contributed by atoms with Gasteiger partial charge in [-0.05, 0) is 31.9 Å². The van der Waals surface area contributed by atoms with E-state index in [0.717, 1.165) is 28.0 Å². The second-order valence-electron chi connectivity index (χ2n) is 6.03. The Hall–Kier alpha value is -3.15. The number of methoxy groups -OCH3 is 1. The Labute approximate surface area is 159 Å². The Morgan fingerprint density at radius 2 is 1.78 bits per heavy atom. The number of nitrogens with zero attached hydrogens (tertiary/aromatic N) is 2. The van der Waals surface area contributed by atoms with Crippen LogP contribution in [0.5, 0.6) is 0 Å². The van der Waals surface area contributed by atoms with Crippen LogP contribution in [0.2, 0.25) is 0 Å². The number of hydrogen-bond acceptors (Lipinski definition) is 6. The molecule has 0 aromatic heterocycles. The molecule has 6 heteroatoms. The molecular weight excluding hydrogens is 344 g/mol. The molecule has 0 aliphatic carbocycles. The molecule has 142 valence electrons. The zero-order chi connectivity index (χ0) is 19.8. The first kappa shape index (κ1) is 20.2. The number of oxime groups is 2. The molecule has 0 N–H and O–H groups in total. The van der Waals surface area contributed by atoms with Gasteiger partial charge in [0, 0.05) is 11.1 Å². The van der Waals surface area contributed by atoms with Crippen molar-refractivity contribution < 1.29 is 19.2 Å². The van der Waals surface area contributed by atoms with Crippen LogP contribution in [0, 0.1) is 13.8 Å². The molecule has 0 spiro atoms. The highest BCUT2D eigenvalue weighted by Gasteiger charge is 2.20. The van der Waals surface area contributed by atoms with Gasteiger partial charge >= 0.3 is 5.97 Å². The Bertz CT molecular complexity index is 872. The molecule has 0 fully saturated rings. The standard InChI is InChI=1S/C21H24N2O4/c1-14-8-6-10-17(12-14)16(3)22-27-13-19-15(2)9-7-11-18(19)20(23-26-5)21(24)25-4/h6-12H,13H2,1-5H3/b22-16+,23-20+. The maximum Gasteiger partial charge on any atom is 0.360 e. The van der Waals surface area contributed by atoms with Gasteiger partial charge in [0.05, 0.1) is 12.8 Å². The second kappa shape index (κ2) is 9.52. The van der Waals surface area contributed by atoms with Crippen LogP contribution in [0.4, 0.5) is 0 Å². The Morgan fingerprint density at radius 3 is 2.44 bits per heavy atom. The average Bonchev–Trinajstić information content (AvgIpc) is 2.66. The highest BCUT2D eigenvalue weighted by Crippen LogP contribution is 2.18. The molecule has 0 saturated heterocycles. The summed E-state index contributed by atoms with van der Waals surface area (Å²) < 4.78 is 4.81. The van der Waals surface area contributed by atoms with E-state index in [2.05, 4.69) is 10.3 Å². The number of aryl methyl sites for hydroxylation is 2. The van der Waals surface area contributed by atoms with E-state index in [0.29, 0.717) is 5.56 Å². The summed E-state index contributed by atoms with van der Waals surface area (Å²) in [6.45, 7) is 6.03. The number of carbonyl (C=O) groups excluding carboxylic acids is 1. The van der Waals surface area contributed by atoms with Gasteiger partial charge in [0.1, 0.15) is 13.7 Å². The van der Waals surface area contributed by atoms with E-state index in [1.165, 1.54) is 14.2 Å². The first-order valence-corrected chi connectivity index (χ1v) is 8.49. The molecule has 0 amide bonds. The number of hydrogen-bond donors (Lipinski definition) is 0. The van der Waals surface area contributed by atoms with E-state index < -0.39 is 5.97 Å². The van der Waals surface area contributed by atoms with Gasteiger partial charge in [-0.1, -0.05) is 58.3 Å². The molecule has 0 aliphatic heterocycles. The molecule has 0 unspecified atom stereocenters. The van der Waals surface area contributed by atoms with E-state index in [-0.39, 0.29) is 12.3 Å². The van der Waals surface area contributed by atoms with Crippen molar-refractivity contribution in [1.29, 1.82) is 0 Å². The molecule has 0 saturated carbocycles. The SMILES string of the molecule is CO/N=C(/C(=O)OC)c1cccc(C)c1CO/N=C(\C)c1cccc(C)c1. The number of esters is 1. The summed E-state index contributed by atoms with van der Waals surface area (Å²) in [6, 6.07) is 13.6. The van der Waals surface area contributed by atoms with Gasteiger partial charge in [0.15, 0.2) is 5.71 Å². The van der Waals surface area contributed by atoms with E-state index in [1.807, 2.05) is 57.2 Å². The van der Waals surface area contributed by atoms with Crippen molar-refractivity contribution in [2.75, 3.05) is 14.2 Å². The first-order valence-electron chi connectivity index (χ1n) is 8.49. The Balaban J connectivity index is 2.27. The van der Waals surface area contributed by atoms with Gasteiger partial charge in [0.2, 0.25) is 0 Å². The minimum atomic E-state index is -0.580. The zero-order valence-electron chi connectivity index (χ0n) is 16.3. The van der Waals surface area contributed by atoms with Crippen molar-refractivity contribution in [3.63, 3.8) is 0 Å². The summed E-state index contributed by atoms with van der Waals surface area (Å²) in [5, 5.41) is 8.03. The minimum Gasteiger partial charge on any atom is -0.464 e. The van der Waals surface area contributed by atoms with E-state index in [1.54, 1.807) is 6.07 Å². The molecule has 0 aliphatic rings. The third-order valence-electron chi connectivity index (χ3n) is 4.07. The van der Waals surface area contributed by atoms with Crippen LogP contribution >= 0.6 is 0 Å². The Kier molecular flexibility index (Phi) is 7.11. The van der Waals surface area contributed by atoms with Crippen molar-refractivity contribution in [2.45, 2.75) is 27.4 Å². The second-order valence-corrected chi connectivity index (χ2v) is 6.03. The van der Waals surface area contributed by atoms with E-state index >= 15 is 0 Å². The van der Waals surface area contributed by atoms with E-state index in [4.69, 9.17) is 14.4 Å². The fourth-order valence-corrected chi connectivity index (χ4v) is 2.62. The molecule has 27 heavy (non-hydrogen) atoms. The third kappa shape index (κ3) is 5.17. The van der Waals surface area contributed by atoms with Crippen molar-refractivity contribution >= 4 is 17.4 Å². The molecule has 6 nitrogen and oxygen atoms in total. The molecule has 0 atom stereocenters. The summed E-state index contributed by atoms with van der Waals surface area (Å²) in [5.41, 5.74) is 5.34. The highest BCUT2D eigenvalue weighted by molar-refractivity contribution is 6.43. The predicted octanol–water partition coefficient (Wildman–Crippen LogP) is 3.77. The normalized spacial score (nSPS) is 11.9. The molecule has 0 radical (unpaired) electrons. The van der Waals surface area contributed by atoms with Crippen LogP contribution in [-0.4, -0.2) is 31.6 Å². The maximum atomic E-state index is 12.1. The summed E-state index contributed by atoms with van der Waals surface area (Å²) in [4.78, 5) is 22.4. The summed E-state index contributed by atoms with van der Waals surface area (Å²) >= 11 is 0. The van der Waals surface area contributed by atoms with Gasteiger partial charge in [-0.15, -0.1) is 0 Å². The molecule has 2 rings (SSSR count). The quantitative estimate of drug-likeness (QED) is 0.424. The van der Waals surface area contributed by atoms with E-state index in [9.17, 15) is 4.79 Å². The lowest BCUT2D eigenvalue weighted by molar-refractivity contribution is -0.132. The summed E-state index contributed by atoms with van der Waals surface area (Å²) in [5.74, 6) is -0.580. The number of rotatable bonds is 7. The molecule has 2 aromatic rings. The smallest absolute Gasteiger partial charge is 0.360 e. The molecule has 0 bridgehead atoms. The fourth-order valence-electron chi connectivity index (χ4n) is 2.62. The van der Waals surface area contributed by atoms with Crippen LogP contribution in [0.25, 0.3) is 0 Å². The first-order chi connectivity index (χ1) is 13.0. The van der Waals surface area contributed by atoms with Crippen LogP contribution in [0.3, 0.4) is 0 Å². The predicted molar refractivity (Wildman–Crippen MR) is 105 cm³/mol. The summed E-state index contributed by atoms with van der Waals surface area (Å²) in [7, 11) is 2.68. The van der Waals surface area contributed by atoms with Crippen LogP contribution in [-0.2, 0) is 25.8 Å². The van der Waals surface area contributed by atoms with Crippen molar-refractivity contribution in [2.24, 2.45) is 10.3 Å². The number of carbonyl (C=O) groups is 1.